The van der Waals surface area contributed by atoms with Gasteiger partial charge in [0, 0.05) is 30.0 Å². The van der Waals surface area contributed by atoms with Crippen LogP contribution in [0.25, 0.3) is 0 Å². The number of nitrogens with one attached hydrogen (secondary N) is 1. The lowest BCUT2D eigenvalue weighted by molar-refractivity contribution is 0.435. The number of benzene rings is 1. The first-order valence-electron chi connectivity index (χ1n) is 6.22. The zero-order valence-electron chi connectivity index (χ0n) is 11.0. The van der Waals surface area contributed by atoms with Crippen LogP contribution in [0.2, 0.25) is 0 Å². The summed E-state index contributed by atoms with van der Waals surface area (Å²) in [4.78, 5) is 3.97. The Labute approximate surface area is 112 Å². The van der Waals surface area contributed by atoms with E-state index in [2.05, 4.69) is 10.3 Å². The molecule has 2 N–H and O–H groups in total. The summed E-state index contributed by atoms with van der Waals surface area (Å²) < 4.78 is 13.2. The van der Waals surface area contributed by atoms with Gasteiger partial charge >= 0.3 is 0 Å². The fourth-order valence-electron chi connectivity index (χ4n) is 2.09. The first-order chi connectivity index (χ1) is 9.08. The summed E-state index contributed by atoms with van der Waals surface area (Å²) in [7, 11) is 0. The third kappa shape index (κ3) is 3.29. The minimum absolute atomic E-state index is 0.0840. The maximum absolute atomic E-state index is 13.2. The molecule has 2 aromatic rings. The summed E-state index contributed by atoms with van der Waals surface area (Å²) in [5.41, 5.74) is 1.65. The molecule has 1 heterocycles. The Balaban J connectivity index is 2.13. The van der Waals surface area contributed by atoms with Crippen LogP contribution in [-0.2, 0) is 0 Å². The second kappa shape index (κ2) is 5.80. The van der Waals surface area contributed by atoms with Gasteiger partial charge in [-0.3, -0.25) is 4.98 Å². The Morgan fingerprint density at radius 3 is 2.47 bits per heavy atom. The van der Waals surface area contributed by atoms with E-state index in [1.165, 1.54) is 18.2 Å². The average Bonchev–Trinajstić information content (AvgIpc) is 2.42. The molecule has 0 fully saturated rings. The molecule has 0 aliphatic carbocycles. The van der Waals surface area contributed by atoms with Crippen molar-refractivity contribution in [2.45, 2.75) is 25.9 Å². The molecule has 0 saturated carbocycles. The van der Waals surface area contributed by atoms with Crippen molar-refractivity contribution >= 4 is 0 Å². The monoisotopic (exact) mass is 260 g/mol. The van der Waals surface area contributed by atoms with E-state index in [4.69, 9.17) is 0 Å². The Hall–Kier alpha value is -1.94. The molecule has 1 aromatic carbocycles. The van der Waals surface area contributed by atoms with E-state index in [0.717, 1.165) is 5.56 Å². The van der Waals surface area contributed by atoms with Gasteiger partial charge < -0.3 is 10.4 Å². The van der Waals surface area contributed by atoms with E-state index >= 15 is 0 Å². The fourth-order valence-corrected chi connectivity index (χ4v) is 2.09. The molecule has 1 aromatic heterocycles. The number of hydrogen-bond donors (Lipinski definition) is 2. The predicted molar refractivity (Wildman–Crippen MR) is 72.3 cm³/mol. The number of pyridine rings is 1. The van der Waals surface area contributed by atoms with Crippen molar-refractivity contribution < 1.29 is 9.50 Å². The van der Waals surface area contributed by atoms with Crippen molar-refractivity contribution in [1.82, 2.24) is 10.3 Å². The molecule has 1 unspecified atom stereocenters. The largest absolute Gasteiger partial charge is 0.508 e. The summed E-state index contributed by atoms with van der Waals surface area (Å²) in [6, 6.07) is 7.76. The molecule has 3 nitrogen and oxygen atoms in total. The SMILES string of the molecule is CC(N[C@H](C)c1ccncc1)c1cc(F)ccc1O. The van der Waals surface area contributed by atoms with Crippen LogP contribution < -0.4 is 5.32 Å². The number of halogens is 1. The maximum Gasteiger partial charge on any atom is 0.123 e. The second-order valence-corrected chi connectivity index (χ2v) is 4.59. The fraction of sp³-hybridized carbons (Fsp3) is 0.267. The van der Waals surface area contributed by atoms with Gasteiger partial charge in [-0.2, -0.15) is 0 Å². The summed E-state index contributed by atoms with van der Waals surface area (Å²) in [6.45, 7) is 3.91. The molecule has 0 saturated heterocycles. The zero-order chi connectivity index (χ0) is 13.8. The number of aromatic hydroxyl groups is 1. The van der Waals surface area contributed by atoms with Gasteiger partial charge in [0.05, 0.1) is 0 Å². The summed E-state index contributed by atoms with van der Waals surface area (Å²) in [6.07, 6.45) is 3.47. The van der Waals surface area contributed by atoms with E-state index in [1.807, 2.05) is 26.0 Å². The molecule has 0 radical (unpaired) electrons. The van der Waals surface area contributed by atoms with Crippen LogP contribution in [0.5, 0.6) is 5.75 Å². The van der Waals surface area contributed by atoms with E-state index in [0.29, 0.717) is 5.56 Å². The molecule has 0 bridgehead atoms. The normalized spacial score (nSPS) is 14.1. The molecule has 19 heavy (non-hydrogen) atoms. The molecule has 4 heteroatoms. The lowest BCUT2D eigenvalue weighted by Gasteiger charge is -2.21. The van der Waals surface area contributed by atoms with Gasteiger partial charge in [0.1, 0.15) is 11.6 Å². The van der Waals surface area contributed by atoms with Crippen molar-refractivity contribution in [1.29, 1.82) is 0 Å². The van der Waals surface area contributed by atoms with Crippen molar-refractivity contribution in [3.8, 4) is 5.75 Å². The van der Waals surface area contributed by atoms with E-state index < -0.39 is 0 Å². The van der Waals surface area contributed by atoms with Gasteiger partial charge in [0.2, 0.25) is 0 Å². The smallest absolute Gasteiger partial charge is 0.123 e. The lowest BCUT2D eigenvalue weighted by Crippen LogP contribution is -2.22. The Morgan fingerprint density at radius 1 is 1.11 bits per heavy atom. The van der Waals surface area contributed by atoms with Crippen molar-refractivity contribution in [3.63, 3.8) is 0 Å². The summed E-state index contributed by atoms with van der Waals surface area (Å²) >= 11 is 0. The van der Waals surface area contributed by atoms with Gasteiger partial charge in [-0.15, -0.1) is 0 Å². The minimum atomic E-state index is -0.349. The van der Waals surface area contributed by atoms with Crippen molar-refractivity contribution in [3.05, 3.63) is 59.7 Å². The van der Waals surface area contributed by atoms with Gasteiger partial charge in [-0.1, -0.05) is 0 Å². The van der Waals surface area contributed by atoms with Gasteiger partial charge in [0.15, 0.2) is 0 Å². The minimum Gasteiger partial charge on any atom is -0.508 e. The zero-order valence-corrected chi connectivity index (χ0v) is 11.0. The number of aromatic nitrogens is 1. The van der Waals surface area contributed by atoms with Crippen LogP contribution in [-0.4, -0.2) is 10.1 Å². The number of hydrogen-bond acceptors (Lipinski definition) is 3. The van der Waals surface area contributed by atoms with Gasteiger partial charge in [-0.05, 0) is 49.7 Å². The number of nitrogens with zero attached hydrogens (tertiary/aromatic N) is 1. The molecular weight excluding hydrogens is 243 g/mol. The first kappa shape index (κ1) is 13.5. The molecule has 100 valence electrons. The Morgan fingerprint density at radius 2 is 1.79 bits per heavy atom. The summed E-state index contributed by atoms with van der Waals surface area (Å²) in [5, 5.41) is 13.1. The van der Waals surface area contributed by atoms with E-state index in [-0.39, 0.29) is 23.7 Å². The molecule has 0 amide bonds. The molecule has 2 rings (SSSR count). The molecular formula is C15H17FN2O. The van der Waals surface area contributed by atoms with E-state index in [1.54, 1.807) is 12.4 Å². The van der Waals surface area contributed by atoms with Crippen molar-refractivity contribution in [2.24, 2.45) is 0 Å². The lowest BCUT2D eigenvalue weighted by atomic mass is 10.0. The molecule has 0 aliphatic heterocycles. The third-order valence-electron chi connectivity index (χ3n) is 3.16. The quantitative estimate of drug-likeness (QED) is 0.886. The number of rotatable bonds is 4. The molecule has 0 spiro atoms. The van der Waals surface area contributed by atoms with Gasteiger partial charge in [-0.25, -0.2) is 4.39 Å². The second-order valence-electron chi connectivity index (χ2n) is 4.59. The average molecular weight is 260 g/mol. The highest BCUT2D eigenvalue weighted by Gasteiger charge is 2.14. The van der Waals surface area contributed by atoms with Crippen LogP contribution in [0.1, 0.15) is 37.1 Å². The summed E-state index contributed by atoms with van der Waals surface area (Å²) in [5.74, 6) is -0.249. The highest BCUT2D eigenvalue weighted by atomic mass is 19.1. The number of phenols is 1. The highest BCUT2D eigenvalue weighted by molar-refractivity contribution is 5.35. The van der Waals surface area contributed by atoms with Crippen LogP contribution in [0.3, 0.4) is 0 Å². The van der Waals surface area contributed by atoms with Crippen LogP contribution in [0, 0.1) is 5.82 Å². The molecule has 2 atom stereocenters. The number of phenolic OH excluding ortho intramolecular Hbond substituents is 1. The van der Waals surface area contributed by atoms with Crippen LogP contribution in [0.4, 0.5) is 4.39 Å². The van der Waals surface area contributed by atoms with Crippen molar-refractivity contribution in [2.75, 3.05) is 0 Å². The van der Waals surface area contributed by atoms with Crippen LogP contribution in [0.15, 0.2) is 42.7 Å². The standard InChI is InChI=1S/C15H17FN2O/c1-10(12-5-7-17-8-6-12)18-11(2)14-9-13(16)3-4-15(14)19/h3-11,18-19H,1-2H3/t10-,11?/m1/s1. The highest BCUT2D eigenvalue weighted by Crippen LogP contribution is 2.26. The Kier molecular flexibility index (Phi) is 4.12. The third-order valence-corrected chi connectivity index (χ3v) is 3.16. The Bertz CT molecular complexity index is 545. The molecule has 0 aliphatic rings. The maximum atomic E-state index is 13.2. The topological polar surface area (TPSA) is 45.2 Å². The van der Waals surface area contributed by atoms with Crippen LogP contribution >= 0.6 is 0 Å². The van der Waals surface area contributed by atoms with E-state index in [9.17, 15) is 9.50 Å². The first-order valence-corrected chi connectivity index (χ1v) is 6.22. The predicted octanol–water partition coefficient (Wildman–Crippen LogP) is 3.34. The van der Waals surface area contributed by atoms with Gasteiger partial charge in [0.25, 0.3) is 0 Å².